The van der Waals surface area contributed by atoms with E-state index in [1.54, 1.807) is 11.8 Å². The fraction of sp³-hybridized carbons (Fsp3) is 0.667. The third-order valence-electron chi connectivity index (χ3n) is 2.34. The Morgan fingerprint density at radius 2 is 2.18 bits per heavy atom. The molecule has 1 unspecified atom stereocenters. The highest BCUT2D eigenvalue weighted by molar-refractivity contribution is 7.98. The lowest BCUT2D eigenvalue weighted by atomic mass is 10.0. The molecule has 0 aromatic rings. The molecule has 2 N–H and O–H groups in total. The van der Waals surface area contributed by atoms with Crippen LogP contribution in [0.25, 0.3) is 0 Å². The number of carbonyl (C=O) groups excluding carboxylic acids is 1. The minimum absolute atomic E-state index is 0.0423. The zero-order valence-electron chi connectivity index (χ0n) is 10.7. The van der Waals surface area contributed by atoms with Crippen LogP contribution in [0, 0.1) is 17.2 Å². The minimum Gasteiger partial charge on any atom is -0.462 e. The summed E-state index contributed by atoms with van der Waals surface area (Å²) < 4.78 is 4.93. The van der Waals surface area contributed by atoms with Gasteiger partial charge in [-0.1, -0.05) is 13.8 Å². The second-order valence-electron chi connectivity index (χ2n) is 3.64. The Balaban J connectivity index is 4.90. The summed E-state index contributed by atoms with van der Waals surface area (Å²) in [6.45, 7) is 4.20. The number of rotatable bonds is 7. The molecule has 1 atom stereocenters. The van der Waals surface area contributed by atoms with Crippen LogP contribution in [-0.2, 0) is 9.53 Å². The van der Waals surface area contributed by atoms with Gasteiger partial charge in [0.2, 0.25) is 0 Å². The van der Waals surface area contributed by atoms with E-state index >= 15 is 0 Å². The maximum Gasteiger partial charge on any atom is 0.350 e. The lowest BCUT2D eigenvalue weighted by Crippen LogP contribution is -2.21. The largest absolute Gasteiger partial charge is 0.462 e. The molecule has 0 saturated carbocycles. The van der Waals surface area contributed by atoms with Gasteiger partial charge in [-0.05, 0) is 19.1 Å². The minimum atomic E-state index is -0.605. The van der Waals surface area contributed by atoms with Crippen molar-refractivity contribution in [2.24, 2.45) is 11.7 Å². The van der Waals surface area contributed by atoms with Gasteiger partial charge in [0.15, 0.2) is 5.57 Å². The third kappa shape index (κ3) is 5.14. The monoisotopic (exact) mass is 256 g/mol. The first-order valence-electron chi connectivity index (χ1n) is 5.68. The molecule has 5 heteroatoms. The van der Waals surface area contributed by atoms with Gasteiger partial charge in [0.25, 0.3) is 0 Å². The summed E-state index contributed by atoms with van der Waals surface area (Å²) in [5, 5.41) is 8.98. The molecule has 0 radical (unpaired) electrons. The molecule has 0 aliphatic carbocycles. The summed E-state index contributed by atoms with van der Waals surface area (Å²) in [6, 6.07) is 1.85. The predicted octanol–water partition coefficient (Wildman–Crippen LogP) is 2.07. The van der Waals surface area contributed by atoms with Crippen LogP contribution in [-0.4, -0.2) is 24.6 Å². The van der Waals surface area contributed by atoms with Gasteiger partial charge in [-0.15, -0.1) is 0 Å². The van der Waals surface area contributed by atoms with Crippen molar-refractivity contribution in [2.75, 3.05) is 18.6 Å². The van der Waals surface area contributed by atoms with E-state index in [-0.39, 0.29) is 11.5 Å². The fourth-order valence-electron chi connectivity index (χ4n) is 1.33. The molecule has 0 aliphatic heterocycles. The molecular weight excluding hydrogens is 236 g/mol. The number of hydrogen-bond donors (Lipinski definition) is 1. The Morgan fingerprint density at radius 3 is 2.59 bits per heavy atom. The quantitative estimate of drug-likeness (QED) is 0.428. The van der Waals surface area contributed by atoms with Crippen LogP contribution in [0.5, 0.6) is 0 Å². The molecule has 0 aliphatic rings. The van der Waals surface area contributed by atoms with Crippen LogP contribution in [0.15, 0.2) is 11.3 Å². The van der Waals surface area contributed by atoms with E-state index in [0.717, 1.165) is 18.6 Å². The van der Waals surface area contributed by atoms with Crippen molar-refractivity contribution in [1.82, 2.24) is 0 Å². The van der Waals surface area contributed by atoms with Crippen molar-refractivity contribution < 1.29 is 9.53 Å². The summed E-state index contributed by atoms with van der Waals surface area (Å²) >= 11 is 1.64. The zero-order valence-corrected chi connectivity index (χ0v) is 11.5. The van der Waals surface area contributed by atoms with E-state index in [9.17, 15) is 4.79 Å². The number of nitrogens with two attached hydrogens (primary N) is 1. The number of ether oxygens (including phenoxy) is 1. The normalized spacial score (nSPS) is 13.5. The molecule has 0 amide bonds. The first-order chi connectivity index (χ1) is 8.12. The molecular formula is C12H20N2O2S. The number of nitrogens with zero attached hydrogens (tertiary/aromatic N) is 1. The van der Waals surface area contributed by atoms with Crippen molar-refractivity contribution in [3.63, 3.8) is 0 Å². The molecule has 0 fully saturated rings. The highest BCUT2D eigenvalue weighted by Gasteiger charge is 2.20. The zero-order chi connectivity index (χ0) is 13.3. The summed E-state index contributed by atoms with van der Waals surface area (Å²) in [5.41, 5.74) is 6.19. The van der Waals surface area contributed by atoms with Gasteiger partial charge in [0, 0.05) is 17.4 Å². The SMILES string of the molecule is CCCOC(=O)/C(C#N)=C(\N)C(CC)CSC. The number of thioether (sulfide) groups is 1. The molecule has 4 nitrogen and oxygen atoms in total. The highest BCUT2D eigenvalue weighted by Crippen LogP contribution is 2.19. The predicted molar refractivity (Wildman–Crippen MR) is 70.2 cm³/mol. The van der Waals surface area contributed by atoms with E-state index in [1.807, 2.05) is 26.2 Å². The van der Waals surface area contributed by atoms with E-state index in [0.29, 0.717) is 12.3 Å². The maximum atomic E-state index is 11.6. The lowest BCUT2D eigenvalue weighted by Gasteiger charge is -2.15. The summed E-state index contributed by atoms with van der Waals surface area (Å²) in [4.78, 5) is 11.6. The summed E-state index contributed by atoms with van der Waals surface area (Å²) in [7, 11) is 0. The van der Waals surface area contributed by atoms with E-state index in [4.69, 9.17) is 15.7 Å². The van der Waals surface area contributed by atoms with Gasteiger partial charge in [-0.2, -0.15) is 17.0 Å². The van der Waals surface area contributed by atoms with Crippen LogP contribution in [0.3, 0.4) is 0 Å². The highest BCUT2D eigenvalue weighted by atomic mass is 32.2. The van der Waals surface area contributed by atoms with Crippen molar-refractivity contribution in [1.29, 1.82) is 5.26 Å². The number of nitriles is 1. The standard InChI is InChI=1S/C12H20N2O2S/c1-4-6-16-12(15)10(7-13)11(14)9(5-2)8-17-3/h9H,4-6,8,14H2,1-3H3/b11-10-. The fourth-order valence-corrected chi connectivity index (χ4v) is 2.15. The first kappa shape index (κ1) is 15.9. The average molecular weight is 256 g/mol. The Kier molecular flexibility index (Phi) is 8.34. The van der Waals surface area contributed by atoms with Gasteiger partial charge in [0.05, 0.1) is 6.61 Å². The van der Waals surface area contributed by atoms with Crippen LogP contribution in [0.4, 0.5) is 0 Å². The number of allylic oxidation sites excluding steroid dienone is 1. The molecule has 0 spiro atoms. The second-order valence-corrected chi connectivity index (χ2v) is 4.55. The Labute approximate surface area is 107 Å². The van der Waals surface area contributed by atoms with Gasteiger partial charge < -0.3 is 10.5 Å². The molecule has 0 heterocycles. The van der Waals surface area contributed by atoms with Gasteiger partial charge >= 0.3 is 5.97 Å². The second kappa shape index (κ2) is 8.94. The third-order valence-corrected chi connectivity index (χ3v) is 3.08. The Bertz CT molecular complexity index is 321. The topological polar surface area (TPSA) is 76.1 Å². The van der Waals surface area contributed by atoms with E-state index < -0.39 is 5.97 Å². The van der Waals surface area contributed by atoms with Gasteiger partial charge in [-0.3, -0.25) is 0 Å². The number of hydrogen-bond acceptors (Lipinski definition) is 5. The van der Waals surface area contributed by atoms with Crippen LogP contribution in [0.1, 0.15) is 26.7 Å². The molecule has 0 aromatic carbocycles. The Morgan fingerprint density at radius 1 is 1.53 bits per heavy atom. The van der Waals surface area contributed by atoms with Crippen molar-refractivity contribution >= 4 is 17.7 Å². The smallest absolute Gasteiger partial charge is 0.350 e. The summed E-state index contributed by atoms with van der Waals surface area (Å²) in [6.07, 6.45) is 3.50. The molecule has 96 valence electrons. The van der Waals surface area contributed by atoms with Crippen molar-refractivity contribution in [2.45, 2.75) is 26.7 Å². The molecule has 0 saturated heterocycles. The number of carbonyl (C=O) groups is 1. The lowest BCUT2D eigenvalue weighted by molar-refractivity contribution is -0.138. The number of esters is 1. The van der Waals surface area contributed by atoms with Gasteiger partial charge in [-0.25, -0.2) is 4.79 Å². The molecule has 17 heavy (non-hydrogen) atoms. The van der Waals surface area contributed by atoms with Crippen LogP contribution < -0.4 is 5.73 Å². The van der Waals surface area contributed by atoms with Gasteiger partial charge in [0.1, 0.15) is 6.07 Å². The first-order valence-corrected chi connectivity index (χ1v) is 7.07. The van der Waals surface area contributed by atoms with Crippen molar-refractivity contribution in [3.05, 3.63) is 11.3 Å². The van der Waals surface area contributed by atoms with Crippen molar-refractivity contribution in [3.8, 4) is 6.07 Å². The Hall–Kier alpha value is -1.15. The molecule has 0 rings (SSSR count). The van der Waals surface area contributed by atoms with E-state index in [1.165, 1.54) is 0 Å². The van der Waals surface area contributed by atoms with Crippen LogP contribution >= 0.6 is 11.8 Å². The summed E-state index contributed by atoms with van der Waals surface area (Å²) in [5.74, 6) is 0.245. The maximum absolute atomic E-state index is 11.6. The molecule has 0 bridgehead atoms. The van der Waals surface area contributed by atoms with E-state index in [2.05, 4.69) is 0 Å². The average Bonchev–Trinajstić information content (AvgIpc) is 2.33. The van der Waals surface area contributed by atoms with Crippen LogP contribution in [0.2, 0.25) is 0 Å². The molecule has 0 aromatic heterocycles.